The monoisotopic (exact) mass is 419 g/mol. The van der Waals surface area contributed by atoms with E-state index in [0.717, 1.165) is 39.2 Å². The van der Waals surface area contributed by atoms with E-state index in [1.165, 1.54) is 0 Å². The van der Waals surface area contributed by atoms with E-state index < -0.39 is 5.97 Å². The van der Waals surface area contributed by atoms with Crippen molar-refractivity contribution in [2.75, 3.05) is 0 Å². The Balaban J connectivity index is 1.61. The first-order valence-electron chi connectivity index (χ1n) is 10.4. The van der Waals surface area contributed by atoms with Crippen LogP contribution in [0.2, 0.25) is 0 Å². The van der Waals surface area contributed by atoms with Crippen LogP contribution in [0.4, 0.5) is 0 Å². The summed E-state index contributed by atoms with van der Waals surface area (Å²) in [7, 11) is 0. The van der Waals surface area contributed by atoms with Gasteiger partial charge in [-0.1, -0.05) is 66.7 Å². The Kier molecular flexibility index (Phi) is 5.18. The summed E-state index contributed by atoms with van der Waals surface area (Å²) in [5.74, 6) is -0.154. The number of nitrogens with zero attached hydrogens (tertiary/aromatic N) is 1. The molecule has 0 aliphatic rings. The number of aromatic nitrogens is 1. The minimum atomic E-state index is -0.943. The van der Waals surface area contributed by atoms with Gasteiger partial charge in [-0.15, -0.1) is 0 Å². The number of carboxylic acids is 1. The first kappa shape index (κ1) is 19.6. The predicted octanol–water partition coefficient (Wildman–Crippen LogP) is 6.57. The Hall–Kier alpha value is -4.31. The fourth-order valence-electron chi connectivity index (χ4n) is 3.90. The van der Waals surface area contributed by atoms with Gasteiger partial charge in [0.15, 0.2) is 0 Å². The number of carbonyl (C=O) groups is 1. The third-order valence-electron chi connectivity index (χ3n) is 5.44. The molecule has 156 valence electrons. The molecule has 0 saturated heterocycles. The Morgan fingerprint density at radius 3 is 2.28 bits per heavy atom. The lowest BCUT2D eigenvalue weighted by atomic mass is 10.1. The van der Waals surface area contributed by atoms with Crippen molar-refractivity contribution < 1.29 is 14.6 Å². The second-order valence-corrected chi connectivity index (χ2v) is 7.58. The van der Waals surface area contributed by atoms with E-state index in [-0.39, 0.29) is 5.56 Å². The quantitative estimate of drug-likeness (QED) is 0.338. The van der Waals surface area contributed by atoms with Crippen LogP contribution in [0, 0.1) is 0 Å². The summed E-state index contributed by atoms with van der Waals surface area (Å²) in [5.41, 5.74) is 5.20. The molecule has 4 nitrogen and oxygen atoms in total. The molecule has 32 heavy (non-hydrogen) atoms. The van der Waals surface area contributed by atoms with Gasteiger partial charge in [0.25, 0.3) is 0 Å². The molecule has 0 bridgehead atoms. The van der Waals surface area contributed by atoms with E-state index in [2.05, 4.69) is 22.8 Å². The van der Waals surface area contributed by atoms with Crippen LogP contribution < -0.4 is 4.74 Å². The van der Waals surface area contributed by atoms with Crippen molar-refractivity contribution >= 4 is 16.9 Å². The molecular weight excluding hydrogens is 398 g/mol. The summed E-state index contributed by atoms with van der Waals surface area (Å²) < 4.78 is 8.12. The molecule has 5 rings (SSSR count). The fraction of sp³-hybridized carbons (Fsp3) is 0.0357. The molecular formula is C28H21NO3. The van der Waals surface area contributed by atoms with E-state index in [9.17, 15) is 9.90 Å². The second kappa shape index (κ2) is 8.44. The number of rotatable bonds is 6. The third-order valence-corrected chi connectivity index (χ3v) is 5.44. The van der Waals surface area contributed by atoms with Crippen LogP contribution in [0.3, 0.4) is 0 Å². The van der Waals surface area contributed by atoms with Crippen molar-refractivity contribution in [2.24, 2.45) is 0 Å². The zero-order valence-corrected chi connectivity index (χ0v) is 17.3. The molecule has 0 unspecified atom stereocenters. The van der Waals surface area contributed by atoms with Crippen molar-refractivity contribution in [2.45, 2.75) is 6.61 Å². The maximum absolute atomic E-state index is 11.5. The van der Waals surface area contributed by atoms with Gasteiger partial charge in [-0.3, -0.25) is 0 Å². The van der Waals surface area contributed by atoms with Crippen LogP contribution in [-0.4, -0.2) is 15.6 Å². The molecule has 0 amide bonds. The average molecular weight is 419 g/mol. The van der Waals surface area contributed by atoms with Crippen LogP contribution in [0.1, 0.15) is 15.9 Å². The van der Waals surface area contributed by atoms with Crippen molar-refractivity contribution in [3.63, 3.8) is 0 Å². The smallest absolute Gasteiger partial charge is 0.335 e. The fourth-order valence-corrected chi connectivity index (χ4v) is 3.90. The highest BCUT2D eigenvalue weighted by atomic mass is 16.5. The summed E-state index contributed by atoms with van der Waals surface area (Å²) in [6.45, 7) is 0.499. The van der Waals surface area contributed by atoms with Crippen LogP contribution in [0.5, 0.6) is 5.75 Å². The van der Waals surface area contributed by atoms with Crippen molar-refractivity contribution in [1.82, 2.24) is 4.57 Å². The molecule has 0 saturated carbocycles. The minimum Gasteiger partial charge on any atom is -0.489 e. The maximum atomic E-state index is 11.5. The lowest BCUT2D eigenvalue weighted by Gasteiger charge is -2.12. The first-order valence-corrected chi connectivity index (χ1v) is 10.4. The summed E-state index contributed by atoms with van der Waals surface area (Å²) >= 11 is 0. The Morgan fingerprint density at radius 1 is 0.781 bits per heavy atom. The topological polar surface area (TPSA) is 51.5 Å². The molecule has 0 atom stereocenters. The maximum Gasteiger partial charge on any atom is 0.335 e. The first-order chi connectivity index (χ1) is 15.7. The Labute approximate surface area is 186 Å². The van der Waals surface area contributed by atoms with E-state index in [4.69, 9.17) is 4.74 Å². The zero-order chi connectivity index (χ0) is 21.9. The SMILES string of the molecule is O=C(O)c1cccc(-n2c(-c3ccccc3)cc3cc(OCc4ccccc4)ccc32)c1. The number of fused-ring (bicyclic) bond motifs is 1. The standard InChI is InChI=1S/C28H21NO3/c30-28(31)22-12-7-13-24(16-22)29-26-15-14-25(32-19-20-8-3-1-4-9-20)17-23(26)18-27(29)21-10-5-2-6-11-21/h1-18H,19H2,(H,30,31). The number of ether oxygens (including phenoxy) is 1. The van der Waals surface area contributed by atoms with Crippen LogP contribution in [0.15, 0.2) is 109 Å². The molecule has 5 aromatic rings. The van der Waals surface area contributed by atoms with Crippen LogP contribution >= 0.6 is 0 Å². The summed E-state index contributed by atoms with van der Waals surface area (Å²) in [6.07, 6.45) is 0. The third kappa shape index (κ3) is 3.86. The van der Waals surface area contributed by atoms with Gasteiger partial charge in [0.1, 0.15) is 12.4 Å². The molecule has 0 radical (unpaired) electrons. The molecule has 1 N–H and O–H groups in total. The van der Waals surface area contributed by atoms with E-state index in [1.807, 2.05) is 72.8 Å². The zero-order valence-electron chi connectivity index (χ0n) is 17.3. The highest BCUT2D eigenvalue weighted by molar-refractivity contribution is 5.92. The summed E-state index contributed by atoms with van der Waals surface area (Å²) in [6, 6.07) is 35.3. The second-order valence-electron chi connectivity index (χ2n) is 7.58. The Morgan fingerprint density at radius 2 is 1.53 bits per heavy atom. The minimum absolute atomic E-state index is 0.256. The number of hydrogen-bond acceptors (Lipinski definition) is 2. The van der Waals surface area contributed by atoms with Gasteiger partial charge in [-0.25, -0.2) is 4.79 Å². The summed E-state index contributed by atoms with van der Waals surface area (Å²) in [4.78, 5) is 11.5. The van der Waals surface area contributed by atoms with Gasteiger partial charge in [0.2, 0.25) is 0 Å². The highest BCUT2D eigenvalue weighted by Gasteiger charge is 2.14. The molecule has 0 aliphatic carbocycles. The number of aromatic carboxylic acids is 1. The molecule has 0 fully saturated rings. The van der Waals surface area contributed by atoms with Gasteiger partial charge >= 0.3 is 5.97 Å². The van der Waals surface area contributed by atoms with E-state index in [0.29, 0.717) is 6.61 Å². The number of benzene rings is 4. The van der Waals surface area contributed by atoms with Crippen molar-refractivity contribution in [3.8, 4) is 22.7 Å². The molecule has 1 heterocycles. The molecule has 0 aliphatic heterocycles. The van der Waals surface area contributed by atoms with Gasteiger partial charge in [-0.2, -0.15) is 0 Å². The lowest BCUT2D eigenvalue weighted by Crippen LogP contribution is -2.01. The van der Waals surface area contributed by atoms with E-state index in [1.54, 1.807) is 18.2 Å². The molecule has 4 heteroatoms. The average Bonchev–Trinajstić information content (AvgIpc) is 3.23. The summed E-state index contributed by atoms with van der Waals surface area (Å²) in [5, 5.41) is 10.5. The molecule has 1 aromatic heterocycles. The van der Waals surface area contributed by atoms with Gasteiger partial charge in [0, 0.05) is 11.1 Å². The number of hydrogen-bond donors (Lipinski definition) is 1. The van der Waals surface area contributed by atoms with Crippen molar-refractivity contribution in [1.29, 1.82) is 0 Å². The molecule has 4 aromatic carbocycles. The van der Waals surface area contributed by atoms with Crippen LogP contribution in [-0.2, 0) is 6.61 Å². The van der Waals surface area contributed by atoms with Gasteiger partial charge in [-0.05, 0) is 53.6 Å². The van der Waals surface area contributed by atoms with Gasteiger partial charge in [0.05, 0.1) is 16.8 Å². The molecule has 0 spiro atoms. The van der Waals surface area contributed by atoms with Gasteiger partial charge < -0.3 is 14.4 Å². The normalized spacial score (nSPS) is 10.9. The Bertz CT molecular complexity index is 1390. The van der Waals surface area contributed by atoms with E-state index >= 15 is 0 Å². The van der Waals surface area contributed by atoms with Crippen LogP contribution in [0.25, 0.3) is 27.8 Å². The largest absolute Gasteiger partial charge is 0.489 e. The predicted molar refractivity (Wildman–Crippen MR) is 126 cm³/mol. The number of carboxylic acid groups (broad SMARTS) is 1. The highest BCUT2D eigenvalue weighted by Crippen LogP contribution is 2.34. The lowest BCUT2D eigenvalue weighted by molar-refractivity contribution is 0.0697. The van der Waals surface area contributed by atoms with Crippen molar-refractivity contribution in [3.05, 3.63) is 120 Å².